The van der Waals surface area contributed by atoms with Crippen LogP contribution in [0.5, 0.6) is 0 Å². The van der Waals surface area contributed by atoms with Gasteiger partial charge < -0.3 is 9.72 Å². The van der Waals surface area contributed by atoms with Crippen LogP contribution in [0.3, 0.4) is 0 Å². The molecule has 0 radical (unpaired) electrons. The number of nitrogens with zero attached hydrogens (tertiary/aromatic N) is 1. The summed E-state index contributed by atoms with van der Waals surface area (Å²) in [5.74, 6) is -0.497. The molecule has 0 saturated heterocycles. The van der Waals surface area contributed by atoms with Crippen LogP contribution in [0.15, 0.2) is 18.3 Å². The summed E-state index contributed by atoms with van der Waals surface area (Å²) in [6, 6.07) is 3.40. The third-order valence-corrected chi connectivity index (χ3v) is 2.18. The van der Waals surface area contributed by atoms with E-state index in [1.54, 1.807) is 18.3 Å². The van der Waals surface area contributed by atoms with Gasteiger partial charge >= 0.3 is 5.97 Å². The number of nitrogens with one attached hydrogen (secondary N) is 1. The van der Waals surface area contributed by atoms with Crippen LogP contribution in [0, 0.1) is 0 Å². The molecule has 0 aliphatic carbocycles. The topological polar surface area (TPSA) is 55.0 Å². The zero-order valence-electron chi connectivity index (χ0n) is 7.37. The molecule has 0 aromatic carbocycles. The van der Waals surface area contributed by atoms with E-state index in [0.29, 0.717) is 5.15 Å². The van der Waals surface area contributed by atoms with Crippen molar-refractivity contribution in [3.63, 3.8) is 0 Å². The van der Waals surface area contributed by atoms with Crippen molar-refractivity contribution in [3.8, 4) is 0 Å². The minimum atomic E-state index is -0.497. The molecule has 0 saturated carbocycles. The Hall–Kier alpha value is -1.55. The van der Waals surface area contributed by atoms with Gasteiger partial charge in [0, 0.05) is 11.6 Å². The number of carbonyl (C=O) groups is 1. The number of pyridine rings is 1. The Bertz CT molecular complexity index is 493. The maximum absolute atomic E-state index is 11.2. The number of aromatic amines is 1. The Morgan fingerprint density at radius 2 is 2.43 bits per heavy atom. The van der Waals surface area contributed by atoms with E-state index in [1.165, 1.54) is 7.11 Å². The summed E-state index contributed by atoms with van der Waals surface area (Å²) in [6.45, 7) is 0. The van der Waals surface area contributed by atoms with Crippen molar-refractivity contribution < 1.29 is 9.53 Å². The van der Waals surface area contributed by atoms with Gasteiger partial charge in [-0.3, -0.25) is 0 Å². The molecular weight excluding hydrogens is 204 g/mol. The second-order valence-corrected chi connectivity index (χ2v) is 3.09. The number of ether oxygens (including phenoxy) is 1. The fraction of sp³-hybridized carbons (Fsp3) is 0.111. The van der Waals surface area contributed by atoms with E-state index in [2.05, 4.69) is 14.7 Å². The normalized spacial score (nSPS) is 10.4. The van der Waals surface area contributed by atoms with Crippen LogP contribution in [-0.2, 0) is 4.74 Å². The van der Waals surface area contributed by atoms with Crippen molar-refractivity contribution in [1.82, 2.24) is 9.97 Å². The van der Waals surface area contributed by atoms with Gasteiger partial charge in [-0.05, 0) is 12.1 Å². The molecule has 0 spiro atoms. The van der Waals surface area contributed by atoms with Gasteiger partial charge in [0.2, 0.25) is 0 Å². The second kappa shape index (κ2) is 3.31. The molecule has 2 heterocycles. The smallest absolute Gasteiger partial charge is 0.356 e. The van der Waals surface area contributed by atoms with Crippen LogP contribution in [0.1, 0.15) is 10.5 Å². The molecule has 14 heavy (non-hydrogen) atoms. The van der Waals surface area contributed by atoms with E-state index in [9.17, 15) is 4.79 Å². The van der Waals surface area contributed by atoms with Gasteiger partial charge in [0.1, 0.15) is 5.15 Å². The number of halogens is 1. The third-order valence-electron chi connectivity index (χ3n) is 1.90. The van der Waals surface area contributed by atoms with E-state index >= 15 is 0 Å². The van der Waals surface area contributed by atoms with Crippen molar-refractivity contribution in [2.45, 2.75) is 0 Å². The first kappa shape index (κ1) is 9.02. The molecule has 2 aromatic heterocycles. The van der Waals surface area contributed by atoms with Crippen molar-refractivity contribution in [3.05, 3.63) is 29.2 Å². The fourth-order valence-corrected chi connectivity index (χ4v) is 1.48. The predicted molar refractivity (Wildman–Crippen MR) is 52.4 cm³/mol. The Balaban J connectivity index is 2.64. The lowest BCUT2D eigenvalue weighted by Gasteiger charge is -1.99. The number of hydrogen-bond donors (Lipinski definition) is 1. The van der Waals surface area contributed by atoms with Gasteiger partial charge in [0.25, 0.3) is 0 Å². The lowest BCUT2D eigenvalue weighted by Crippen LogP contribution is -2.04. The molecule has 5 heteroatoms. The number of fused-ring (bicyclic) bond motifs is 1. The summed E-state index contributed by atoms with van der Waals surface area (Å²) >= 11 is 5.87. The minimum Gasteiger partial charge on any atom is -0.464 e. The van der Waals surface area contributed by atoms with Crippen molar-refractivity contribution >= 4 is 28.5 Å². The zero-order valence-corrected chi connectivity index (χ0v) is 8.13. The first-order valence-electron chi connectivity index (χ1n) is 3.94. The number of aromatic nitrogens is 2. The summed E-state index contributed by atoms with van der Waals surface area (Å²) in [7, 11) is 1.30. The van der Waals surface area contributed by atoms with Crippen LogP contribution in [0.2, 0.25) is 5.15 Å². The number of hydrogen-bond acceptors (Lipinski definition) is 3. The summed E-state index contributed by atoms with van der Waals surface area (Å²) in [4.78, 5) is 18.0. The van der Waals surface area contributed by atoms with Gasteiger partial charge in [0.05, 0.1) is 12.6 Å². The van der Waals surface area contributed by atoms with E-state index in [0.717, 1.165) is 10.9 Å². The van der Waals surface area contributed by atoms with Crippen LogP contribution >= 0.6 is 11.6 Å². The van der Waals surface area contributed by atoms with Crippen LogP contribution in [-0.4, -0.2) is 23.0 Å². The average molecular weight is 211 g/mol. The van der Waals surface area contributed by atoms with Crippen molar-refractivity contribution in [2.24, 2.45) is 0 Å². The fourth-order valence-electron chi connectivity index (χ4n) is 1.23. The number of esters is 1. The van der Waals surface area contributed by atoms with Crippen LogP contribution in [0.25, 0.3) is 10.9 Å². The average Bonchev–Trinajstić information content (AvgIpc) is 2.64. The van der Waals surface area contributed by atoms with Crippen LogP contribution in [0.4, 0.5) is 0 Å². The Labute approximate surface area is 84.9 Å². The molecule has 0 unspecified atom stereocenters. The van der Waals surface area contributed by atoms with Gasteiger partial charge in [-0.1, -0.05) is 11.6 Å². The lowest BCUT2D eigenvalue weighted by atomic mass is 10.3. The molecule has 0 amide bonds. The summed E-state index contributed by atoms with van der Waals surface area (Å²) in [6.07, 6.45) is 1.74. The SMILES string of the molecule is COC(=O)c1cc2[nH]ccc2c(Cl)n1. The van der Waals surface area contributed by atoms with E-state index in [4.69, 9.17) is 11.6 Å². The Morgan fingerprint density at radius 3 is 3.14 bits per heavy atom. The maximum Gasteiger partial charge on any atom is 0.356 e. The van der Waals surface area contributed by atoms with Gasteiger partial charge in [-0.15, -0.1) is 0 Å². The molecule has 0 atom stereocenters. The zero-order chi connectivity index (χ0) is 10.1. The highest BCUT2D eigenvalue weighted by molar-refractivity contribution is 6.34. The summed E-state index contributed by atoms with van der Waals surface area (Å²) in [5.41, 5.74) is 0.970. The first-order valence-corrected chi connectivity index (χ1v) is 4.32. The van der Waals surface area contributed by atoms with Gasteiger partial charge in [-0.2, -0.15) is 0 Å². The molecule has 0 aliphatic rings. The molecule has 72 valence electrons. The highest BCUT2D eigenvalue weighted by Gasteiger charge is 2.11. The highest BCUT2D eigenvalue weighted by atomic mass is 35.5. The highest BCUT2D eigenvalue weighted by Crippen LogP contribution is 2.21. The molecular formula is C9H7ClN2O2. The molecule has 0 aliphatic heterocycles. The maximum atomic E-state index is 11.2. The molecule has 2 rings (SSSR count). The third kappa shape index (κ3) is 1.33. The van der Waals surface area contributed by atoms with E-state index in [1.807, 2.05) is 0 Å². The monoisotopic (exact) mass is 210 g/mol. The lowest BCUT2D eigenvalue weighted by molar-refractivity contribution is 0.0594. The van der Waals surface area contributed by atoms with E-state index < -0.39 is 5.97 Å². The van der Waals surface area contributed by atoms with Crippen molar-refractivity contribution in [1.29, 1.82) is 0 Å². The summed E-state index contributed by atoms with van der Waals surface area (Å²) in [5, 5.41) is 1.09. The minimum absolute atomic E-state index is 0.201. The molecule has 4 nitrogen and oxygen atoms in total. The predicted octanol–water partition coefficient (Wildman–Crippen LogP) is 2.00. The van der Waals surface area contributed by atoms with Crippen LogP contribution < -0.4 is 0 Å². The first-order chi connectivity index (χ1) is 6.72. The Morgan fingerprint density at radius 1 is 1.64 bits per heavy atom. The van der Waals surface area contributed by atoms with Crippen molar-refractivity contribution in [2.75, 3.05) is 7.11 Å². The number of rotatable bonds is 1. The number of H-pyrrole nitrogens is 1. The summed E-state index contributed by atoms with van der Waals surface area (Å²) < 4.78 is 4.54. The standard InChI is InChI=1S/C9H7ClN2O2/c1-14-9(13)7-4-6-5(2-3-11-6)8(10)12-7/h2-4,11H,1H3. The second-order valence-electron chi connectivity index (χ2n) is 2.73. The largest absolute Gasteiger partial charge is 0.464 e. The number of methoxy groups -OCH3 is 1. The van der Waals surface area contributed by atoms with Gasteiger partial charge in [-0.25, -0.2) is 9.78 Å². The Kier molecular flexibility index (Phi) is 2.13. The molecule has 2 aromatic rings. The quantitative estimate of drug-likeness (QED) is 0.579. The molecule has 1 N–H and O–H groups in total. The number of carbonyl (C=O) groups excluding carboxylic acids is 1. The van der Waals surface area contributed by atoms with E-state index in [-0.39, 0.29) is 5.69 Å². The molecule has 0 fully saturated rings. The van der Waals surface area contributed by atoms with Gasteiger partial charge in [0.15, 0.2) is 5.69 Å². The molecule has 0 bridgehead atoms.